The molecule has 0 aliphatic heterocycles. The summed E-state index contributed by atoms with van der Waals surface area (Å²) in [7, 11) is 0. The fourth-order valence-electron chi connectivity index (χ4n) is 1.79. The van der Waals surface area contributed by atoms with Gasteiger partial charge < -0.3 is 10.3 Å². The van der Waals surface area contributed by atoms with Gasteiger partial charge in [0.2, 0.25) is 0 Å². The zero-order valence-corrected chi connectivity index (χ0v) is 10.7. The van der Waals surface area contributed by atoms with E-state index in [-0.39, 0.29) is 5.82 Å². The molecule has 0 bridgehead atoms. The van der Waals surface area contributed by atoms with E-state index in [2.05, 4.69) is 29.1 Å². The maximum atomic E-state index is 13.6. The van der Waals surface area contributed by atoms with Gasteiger partial charge in [0.1, 0.15) is 11.6 Å². The second kappa shape index (κ2) is 5.78. The van der Waals surface area contributed by atoms with Crippen molar-refractivity contribution in [3.05, 3.63) is 42.1 Å². The first-order valence-electron chi connectivity index (χ1n) is 6.19. The van der Waals surface area contributed by atoms with Crippen molar-refractivity contribution in [2.24, 2.45) is 0 Å². The van der Waals surface area contributed by atoms with E-state index in [4.69, 9.17) is 0 Å². The standard InChI is InChI=1S/C14H18FN3/c1-10(2)16-8-7-14-17-9-13(18-14)11-5-3-4-6-12(11)15/h3-6,9-10,16H,7-8H2,1-2H3,(H,17,18). The van der Waals surface area contributed by atoms with Crippen LogP contribution in [-0.4, -0.2) is 22.6 Å². The molecule has 0 fully saturated rings. The highest BCUT2D eigenvalue weighted by atomic mass is 19.1. The number of hydrogen-bond acceptors (Lipinski definition) is 2. The van der Waals surface area contributed by atoms with E-state index in [1.165, 1.54) is 6.07 Å². The molecule has 2 aromatic rings. The van der Waals surface area contributed by atoms with E-state index in [1.54, 1.807) is 18.3 Å². The molecule has 2 rings (SSSR count). The van der Waals surface area contributed by atoms with Crippen LogP contribution in [0, 0.1) is 5.82 Å². The fraction of sp³-hybridized carbons (Fsp3) is 0.357. The Labute approximate surface area is 106 Å². The summed E-state index contributed by atoms with van der Waals surface area (Å²) in [4.78, 5) is 7.42. The van der Waals surface area contributed by atoms with Crippen molar-refractivity contribution in [2.45, 2.75) is 26.3 Å². The molecular formula is C14H18FN3. The monoisotopic (exact) mass is 247 g/mol. The topological polar surface area (TPSA) is 40.7 Å². The Kier molecular flexibility index (Phi) is 4.10. The van der Waals surface area contributed by atoms with Gasteiger partial charge in [0.25, 0.3) is 0 Å². The second-order valence-electron chi connectivity index (χ2n) is 4.58. The summed E-state index contributed by atoms with van der Waals surface area (Å²) in [6.07, 6.45) is 2.50. The van der Waals surface area contributed by atoms with E-state index in [0.29, 0.717) is 11.6 Å². The summed E-state index contributed by atoms with van der Waals surface area (Å²) >= 11 is 0. The number of H-pyrrole nitrogens is 1. The Morgan fingerprint density at radius 1 is 1.33 bits per heavy atom. The number of aromatic nitrogens is 2. The SMILES string of the molecule is CC(C)NCCc1ncc(-c2ccccc2F)[nH]1. The Morgan fingerprint density at radius 2 is 2.11 bits per heavy atom. The van der Waals surface area contributed by atoms with Gasteiger partial charge >= 0.3 is 0 Å². The first-order valence-corrected chi connectivity index (χ1v) is 6.19. The summed E-state index contributed by atoms with van der Waals surface area (Å²) in [5.41, 5.74) is 1.29. The summed E-state index contributed by atoms with van der Waals surface area (Å²) < 4.78 is 13.6. The number of hydrogen-bond donors (Lipinski definition) is 2. The van der Waals surface area contributed by atoms with Crippen molar-refractivity contribution in [1.82, 2.24) is 15.3 Å². The normalized spacial score (nSPS) is 11.1. The summed E-state index contributed by atoms with van der Waals surface area (Å²) in [6.45, 7) is 5.07. The van der Waals surface area contributed by atoms with Gasteiger partial charge in [-0.15, -0.1) is 0 Å². The third-order valence-corrected chi connectivity index (χ3v) is 2.71. The van der Waals surface area contributed by atoms with Crippen LogP contribution in [0.2, 0.25) is 0 Å². The highest BCUT2D eigenvalue weighted by Gasteiger charge is 2.07. The van der Waals surface area contributed by atoms with Crippen LogP contribution in [0.25, 0.3) is 11.3 Å². The highest BCUT2D eigenvalue weighted by Crippen LogP contribution is 2.20. The Hall–Kier alpha value is -1.68. The van der Waals surface area contributed by atoms with Crippen molar-refractivity contribution in [2.75, 3.05) is 6.54 Å². The summed E-state index contributed by atoms with van der Waals surface area (Å²) in [5.74, 6) is 0.648. The molecule has 1 aromatic heterocycles. The Morgan fingerprint density at radius 3 is 2.83 bits per heavy atom. The number of halogens is 1. The second-order valence-corrected chi connectivity index (χ2v) is 4.58. The molecule has 0 atom stereocenters. The molecule has 4 heteroatoms. The molecule has 18 heavy (non-hydrogen) atoms. The van der Waals surface area contributed by atoms with E-state index >= 15 is 0 Å². The quantitative estimate of drug-likeness (QED) is 0.853. The predicted molar refractivity (Wildman–Crippen MR) is 70.8 cm³/mol. The minimum atomic E-state index is -0.229. The van der Waals surface area contributed by atoms with Crippen LogP contribution < -0.4 is 5.32 Å². The molecule has 2 N–H and O–H groups in total. The van der Waals surface area contributed by atoms with Crippen LogP contribution in [0.1, 0.15) is 19.7 Å². The van der Waals surface area contributed by atoms with Crippen LogP contribution >= 0.6 is 0 Å². The largest absolute Gasteiger partial charge is 0.342 e. The average molecular weight is 247 g/mol. The highest BCUT2D eigenvalue weighted by molar-refractivity contribution is 5.59. The predicted octanol–water partition coefficient (Wildman–Crippen LogP) is 2.76. The molecule has 0 aliphatic carbocycles. The van der Waals surface area contributed by atoms with Crippen molar-refractivity contribution in [3.8, 4) is 11.3 Å². The molecule has 0 spiro atoms. The van der Waals surface area contributed by atoms with Crippen LogP contribution in [0.3, 0.4) is 0 Å². The molecular weight excluding hydrogens is 229 g/mol. The average Bonchev–Trinajstić information content (AvgIpc) is 2.78. The van der Waals surface area contributed by atoms with E-state index in [9.17, 15) is 4.39 Å². The number of nitrogens with one attached hydrogen (secondary N) is 2. The lowest BCUT2D eigenvalue weighted by Crippen LogP contribution is -2.25. The van der Waals surface area contributed by atoms with E-state index in [0.717, 1.165) is 24.5 Å². The van der Waals surface area contributed by atoms with Gasteiger partial charge in [-0.05, 0) is 12.1 Å². The van der Waals surface area contributed by atoms with Crippen molar-refractivity contribution in [3.63, 3.8) is 0 Å². The first kappa shape index (κ1) is 12.8. The summed E-state index contributed by atoms with van der Waals surface area (Å²) in [6, 6.07) is 7.17. The number of aromatic amines is 1. The molecule has 96 valence electrons. The smallest absolute Gasteiger partial charge is 0.132 e. The first-order chi connectivity index (χ1) is 8.66. The molecule has 1 aromatic carbocycles. The van der Waals surface area contributed by atoms with Crippen molar-refractivity contribution >= 4 is 0 Å². The number of rotatable bonds is 5. The zero-order chi connectivity index (χ0) is 13.0. The molecule has 0 amide bonds. The maximum Gasteiger partial charge on any atom is 0.132 e. The molecule has 0 unspecified atom stereocenters. The number of imidazole rings is 1. The fourth-order valence-corrected chi connectivity index (χ4v) is 1.79. The van der Waals surface area contributed by atoms with Crippen molar-refractivity contribution < 1.29 is 4.39 Å². The maximum absolute atomic E-state index is 13.6. The lowest BCUT2D eigenvalue weighted by atomic mass is 10.1. The van der Waals surface area contributed by atoms with Crippen molar-refractivity contribution in [1.29, 1.82) is 0 Å². The van der Waals surface area contributed by atoms with Gasteiger partial charge in [0.15, 0.2) is 0 Å². The van der Waals surface area contributed by atoms with Gasteiger partial charge in [-0.3, -0.25) is 0 Å². The molecule has 0 saturated carbocycles. The molecule has 0 aliphatic rings. The van der Waals surface area contributed by atoms with Crippen LogP contribution in [0.5, 0.6) is 0 Å². The van der Waals surface area contributed by atoms with E-state index < -0.39 is 0 Å². The van der Waals surface area contributed by atoms with Crippen LogP contribution in [0.15, 0.2) is 30.5 Å². The lowest BCUT2D eigenvalue weighted by Gasteiger charge is -2.05. The Bertz CT molecular complexity index is 505. The van der Waals surface area contributed by atoms with Crippen LogP contribution in [0.4, 0.5) is 4.39 Å². The minimum Gasteiger partial charge on any atom is -0.342 e. The lowest BCUT2D eigenvalue weighted by molar-refractivity contribution is 0.584. The molecule has 1 heterocycles. The van der Waals surface area contributed by atoms with Crippen LogP contribution in [-0.2, 0) is 6.42 Å². The van der Waals surface area contributed by atoms with E-state index in [1.807, 2.05) is 6.07 Å². The van der Waals surface area contributed by atoms with Gasteiger partial charge in [0, 0.05) is 24.6 Å². The van der Waals surface area contributed by atoms with Gasteiger partial charge in [0.05, 0.1) is 11.9 Å². The zero-order valence-electron chi connectivity index (χ0n) is 10.7. The summed E-state index contributed by atoms with van der Waals surface area (Å²) in [5, 5.41) is 3.32. The molecule has 0 saturated heterocycles. The molecule has 3 nitrogen and oxygen atoms in total. The Balaban J connectivity index is 2.04. The molecule has 0 radical (unpaired) electrons. The number of benzene rings is 1. The van der Waals surface area contributed by atoms with Gasteiger partial charge in [-0.25, -0.2) is 9.37 Å². The van der Waals surface area contributed by atoms with Gasteiger partial charge in [-0.2, -0.15) is 0 Å². The van der Waals surface area contributed by atoms with Gasteiger partial charge in [-0.1, -0.05) is 26.0 Å². The third-order valence-electron chi connectivity index (χ3n) is 2.71. The third kappa shape index (κ3) is 3.17. The minimum absolute atomic E-state index is 0.229. The number of nitrogens with zero attached hydrogens (tertiary/aromatic N) is 1.